The second kappa shape index (κ2) is 8.19. The predicted molar refractivity (Wildman–Crippen MR) is 171 cm³/mol. The fourth-order valence-corrected chi connectivity index (χ4v) is 8.28. The number of para-hydroxylation sites is 1. The molecule has 0 spiro atoms. The van der Waals surface area contributed by atoms with Gasteiger partial charge in [-0.25, -0.2) is 4.57 Å². The zero-order chi connectivity index (χ0) is 27.5. The summed E-state index contributed by atoms with van der Waals surface area (Å²) in [4.78, 5) is 0. The summed E-state index contributed by atoms with van der Waals surface area (Å²) in [6.45, 7) is 11.7. The highest BCUT2D eigenvalue weighted by Crippen LogP contribution is 2.48. The first-order valence-corrected chi connectivity index (χ1v) is 15.2. The van der Waals surface area contributed by atoms with Crippen molar-refractivity contribution < 1.29 is 4.57 Å². The highest BCUT2D eigenvalue weighted by atomic mass is 15.0. The van der Waals surface area contributed by atoms with Gasteiger partial charge in [0.15, 0.2) is 6.20 Å². The van der Waals surface area contributed by atoms with Crippen LogP contribution in [0.1, 0.15) is 74.6 Å². The SMILES string of the molecule is Cc1c2cc(CC(C)(C)C)ccc2c(C)c2c1c1c3c(cc[n+]1C)cc(C1CCCC1)c1c4ccccc4n2c13. The van der Waals surface area contributed by atoms with E-state index in [2.05, 4.69) is 111 Å². The number of benzene rings is 4. The lowest BCUT2D eigenvalue weighted by molar-refractivity contribution is -0.643. The Kier molecular flexibility index (Phi) is 4.95. The summed E-state index contributed by atoms with van der Waals surface area (Å²) >= 11 is 0. The summed E-state index contributed by atoms with van der Waals surface area (Å²) in [5, 5.41) is 9.87. The third-order valence-electron chi connectivity index (χ3n) is 9.92. The zero-order valence-corrected chi connectivity index (χ0v) is 24.8. The van der Waals surface area contributed by atoms with Crippen LogP contribution in [-0.4, -0.2) is 4.40 Å². The summed E-state index contributed by atoms with van der Waals surface area (Å²) in [7, 11) is 2.24. The lowest BCUT2D eigenvalue weighted by Crippen LogP contribution is -2.29. The average molecular weight is 524 g/mol. The van der Waals surface area contributed by atoms with E-state index < -0.39 is 0 Å². The minimum atomic E-state index is 0.258. The van der Waals surface area contributed by atoms with Crippen molar-refractivity contribution in [1.29, 1.82) is 0 Å². The lowest BCUT2D eigenvalue weighted by Gasteiger charge is -2.21. The maximum Gasteiger partial charge on any atom is 0.224 e. The lowest BCUT2D eigenvalue weighted by atomic mass is 9.85. The van der Waals surface area contributed by atoms with Gasteiger partial charge in [-0.05, 0) is 95.0 Å². The van der Waals surface area contributed by atoms with Crippen LogP contribution < -0.4 is 4.57 Å². The topological polar surface area (TPSA) is 8.29 Å². The molecule has 4 aromatic carbocycles. The van der Waals surface area contributed by atoms with Crippen molar-refractivity contribution in [3.05, 3.63) is 83.0 Å². The molecule has 0 amide bonds. The van der Waals surface area contributed by atoms with Gasteiger partial charge in [0.05, 0.1) is 27.3 Å². The number of pyridine rings is 2. The Balaban J connectivity index is 1.65. The van der Waals surface area contributed by atoms with E-state index in [9.17, 15) is 0 Å². The van der Waals surface area contributed by atoms with Crippen LogP contribution in [0, 0.1) is 19.3 Å². The van der Waals surface area contributed by atoms with Gasteiger partial charge in [0.1, 0.15) is 7.05 Å². The number of nitrogens with zero attached hydrogens (tertiary/aromatic N) is 2. The van der Waals surface area contributed by atoms with Crippen LogP contribution in [0.5, 0.6) is 0 Å². The van der Waals surface area contributed by atoms with Crippen LogP contribution in [-0.2, 0) is 13.5 Å². The second-order valence-corrected chi connectivity index (χ2v) is 13.9. The molecule has 200 valence electrons. The van der Waals surface area contributed by atoms with Gasteiger partial charge >= 0.3 is 0 Å². The fraction of sp³-hybridized carbons (Fsp3) is 0.342. The summed E-state index contributed by atoms with van der Waals surface area (Å²) in [5.41, 5.74) is 11.5. The minimum absolute atomic E-state index is 0.258. The molecule has 0 radical (unpaired) electrons. The Morgan fingerprint density at radius 1 is 0.800 bits per heavy atom. The number of aromatic nitrogens is 2. The van der Waals surface area contributed by atoms with E-state index in [0.29, 0.717) is 5.92 Å². The first kappa shape index (κ1) is 24.2. The first-order valence-electron chi connectivity index (χ1n) is 15.2. The summed E-state index contributed by atoms with van der Waals surface area (Å²) in [6, 6.07) is 21.3. The number of fused-ring (bicyclic) bond motifs is 7. The largest absolute Gasteiger partial charge is 0.307 e. The van der Waals surface area contributed by atoms with Crippen LogP contribution >= 0.6 is 0 Å². The third kappa shape index (κ3) is 3.20. The van der Waals surface area contributed by atoms with E-state index in [4.69, 9.17) is 0 Å². The smallest absolute Gasteiger partial charge is 0.224 e. The molecule has 1 aliphatic carbocycles. The molecule has 0 saturated heterocycles. The minimum Gasteiger partial charge on any atom is -0.307 e. The molecule has 0 unspecified atom stereocenters. The molecule has 0 bridgehead atoms. The molecule has 0 N–H and O–H groups in total. The van der Waals surface area contributed by atoms with Gasteiger partial charge < -0.3 is 4.40 Å². The van der Waals surface area contributed by atoms with E-state index in [1.165, 1.54) is 102 Å². The second-order valence-electron chi connectivity index (χ2n) is 13.9. The number of rotatable bonds is 2. The molecular weight excluding hydrogens is 484 g/mol. The first-order chi connectivity index (χ1) is 19.2. The molecule has 1 saturated carbocycles. The molecule has 40 heavy (non-hydrogen) atoms. The predicted octanol–water partition coefficient (Wildman–Crippen LogP) is 9.83. The van der Waals surface area contributed by atoms with Crippen molar-refractivity contribution in [2.75, 3.05) is 0 Å². The summed E-state index contributed by atoms with van der Waals surface area (Å²) in [6.07, 6.45) is 8.69. The van der Waals surface area contributed by atoms with Crippen molar-refractivity contribution in [3.63, 3.8) is 0 Å². The highest BCUT2D eigenvalue weighted by molar-refractivity contribution is 6.29. The Morgan fingerprint density at radius 2 is 1.57 bits per heavy atom. The molecule has 0 atom stereocenters. The highest BCUT2D eigenvalue weighted by Gasteiger charge is 2.30. The van der Waals surface area contributed by atoms with Crippen molar-refractivity contribution in [1.82, 2.24) is 4.40 Å². The molecule has 2 nitrogen and oxygen atoms in total. The Morgan fingerprint density at radius 3 is 2.35 bits per heavy atom. The van der Waals surface area contributed by atoms with Crippen molar-refractivity contribution in [2.45, 2.75) is 72.6 Å². The maximum absolute atomic E-state index is 2.65. The van der Waals surface area contributed by atoms with Crippen molar-refractivity contribution in [2.24, 2.45) is 12.5 Å². The van der Waals surface area contributed by atoms with E-state index in [1.54, 1.807) is 5.56 Å². The maximum atomic E-state index is 2.65. The number of hydrogen-bond acceptors (Lipinski definition) is 0. The Bertz CT molecular complexity index is 2150. The zero-order valence-electron chi connectivity index (χ0n) is 24.8. The quantitative estimate of drug-likeness (QED) is 0.121. The van der Waals surface area contributed by atoms with Gasteiger partial charge in [-0.15, -0.1) is 0 Å². The van der Waals surface area contributed by atoms with Gasteiger partial charge in [-0.2, -0.15) is 0 Å². The van der Waals surface area contributed by atoms with Crippen LogP contribution in [0.4, 0.5) is 0 Å². The van der Waals surface area contributed by atoms with Crippen LogP contribution in [0.15, 0.2) is 60.8 Å². The summed E-state index contributed by atoms with van der Waals surface area (Å²) in [5.74, 6) is 0.656. The van der Waals surface area contributed by atoms with Crippen molar-refractivity contribution in [3.8, 4) is 0 Å². The van der Waals surface area contributed by atoms with Gasteiger partial charge in [0.25, 0.3) is 0 Å². The Hall–Kier alpha value is -3.65. The van der Waals surface area contributed by atoms with Gasteiger partial charge in [-0.1, -0.05) is 70.0 Å². The fourth-order valence-electron chi connectivity index (χ4n) is 8.28. The van der Waals surface area contributed by atoms with E-state index in [1.807, 2.05) is 0 Å². The molecule has 1 aliphatic rings. The molecule has 7 aromatic rings. The molecule has 8 rings (SSSR count). The van der Waals surface area contributed by atoms with Crippen molar-refractivity contribution >= 4 is 59.8 Å². The van der Waals surface area contributed by atoms with Crippen LogP contribution in [0.3, 0.4) is 0 Å². The number of aryl methyl sites for hydroxylation is 3. The molecule has 3 aromatic heterocycles. The molecule has 3 heterocycles. The van der Waals surface area contributed by atoms with Gasteiger partial charge in [-0.3, -0.25) is 0 Å². The standard InChI is InChI=1S/C38H39N2/c1-22-29-19-24(21-38(3,4)5)15-16-27(29)23(2)35-32(22)36-33-26(17-18-39(36)6)20-30(25-11-7-8-12-25)34-28-13-9-10-14-31(28)40(35)37(33)34/h9-10,13-20,25H,7-8,11-12,21H2,1-6H3/q+1. The molecule has 0 aliphatic heterocycles. The molecule has 1 fully saturated rings. The van der Waals surface area contributed by atoms with E-state index in [-0.39, 0.29) is 5.41 Å². The normalized spacial score (nSPS) is 15.3. The van der Waals surface area contributed by atoms with Crippen LogP contribution in [0.25, 0.3) is 59.8 Å². The van der Waals surface area contributed by atoms with Gasteiger partial charge in [0.2, 0.25) is 5.52 Å². The molecular formula is C38H39N2+. The number of hydrogen-bond donors (Lipinski definition) is 0. The monoisotopic (exact) mass is 523 g/mol. The molecule has 2 heteroatoms. The van der Waals surface area contributed by atoms with Crippen LogP contribution in [0.2, 0.25) is 0 Å². The van der Waals surface area contributed by atoms with E-state index in [0.717, 1.165) is 6.42 Å². The van der Waals surface area contributed by atoms with Gasteiger partial charge in [0, 0.05) is 16.8 Å². The average Bonchev–Trinajstić information content (AvgIpc) is 3.58. The van der Waals surface area contributed by atoms with E-state index >= 15 is 0 Å². The summed E-state index contributed by atoms with van der Waals surface area (Å²) < 4.78 is 5.03. The third-order valence-corrected chi connectivity index (χ3v) is 9.92. The Labute approximate surface area is 236 Å².